The van der Waals surface area contributed by atoms with Gasteiger partial charge in [-0.15, -0.1) is 0 Å². The molecule has 2 aliphatic heterocycles. The molecule has 0 spiro atoms. The Morgan fingerprint density at radius 3 is 2.68 bits per heavy atom. The van der Waals surface area contributed by atoms with Gasteiger partial charge in [0.2, 0.25) is 0 Å². The maximum absolute atomic E-state index is 15.6. The number of anilines is 1. The largest absolute Gasteiger partial charge is 0.365 e. The molecule has 1 saturated heterocycles. The van der Waals surface area contributed by atoms with Crippen molar-refractivity contribution in [2.45, 2.75) is 20.3 Å². The van der Waals surface area contributed by atoms with Crippen molar-refractivity contribution >= 4 is 17.1 Å². The number of nitrogens with one attached hydrogen (secondary N) is 1. The number of hydrogen-bond acceptors (Lipinski definition) is 4. The van der Waals surface area contributed by atoms with Crippen LogP contribution in [0, 0.1) is 18.6 Å². The number of aromatic amines is 1. The summed E-state index contributed by atoms with van der Waals surface area (Å²) in [5, 5.41) is 0. The molecule has 0 saturated carbocycles. The summed E-state index contributed by atoms with van der Waals surface area (Å²) in [6.45, 7) is 6.05. The normalized spacial score (nSPS) is 16.0. The number of H-pyrrole nitrogens is 1. The zero-order chi connectivity index (χ0) is 22.1. The lowest BCUT2D eigenvalue weighted by Crippen LogP contribution is -2.30. The molecule has 1 fully saturated rings. The van der Waals surface area contributed by atoms with Crippen LogP contribution in [-0.2, 0) is 0 Å². The summed E-state index contributed by atoms with van der Waals surface area (Å²) in [4.78, 5) is 23.8. The number of benzene rings is 1. The van der Waals surface area contributed by atoms with E-state index in [9.17, 15) is 9.18 Å². The molecule has 162 valence electrons. The van der Waals surface area contributed by atoms with Crippen molar-refractivity contribution in [3.63, 3.8) is 0 Å². The Morgan fingerprint density at radius 2 is 1.87 bits per heavy atom. The Bertz CT molecular complexity index is 1170. The standard InChI is InChI=1S/C24H26F2N4O/c1-15-14-18(25)23(30-11-7-10-29(3)12-13-30)21(26)22(15)27-16(2)20-17-8-5-4-6-9-19(17)28-24(20)31/h4-6,8-9,14H,7,10-13H2,1-3H3,(H,28,31)/b27-16+. The van der Waals surface area contributed by atoms with Crippen molar-refractivity contribution in [3.8, 4) is 11.3 Å². The summed E-state index contributed by atoms with van der Waals surface area (Å²) >= 11 is 0. The molecule has 4 rings (SSSR count). The summed E-state index contributed by atoms with van der Waals surface area (Å²) in [6.07, 6.45) is 0.826. The van der Waals surface area contributed by atoms with Crippen LogP contribution in [0.25, 0.3) is 11.3 Å². The number of likely N-dealkylation sites (N-methyl/N-ethyl adjacent to an activating group) is 1. The molecular weight excluding hydrogens is 398 g/mol. The fraction of sp³-hybridized carbons (Fsp3) is 0.333. The molecule has 31 heavy (non-hydrogen) atoms. The van der Waals surface area contributed by atoms with Crippen LogP contribution in [0.15, 0.2) is 46.2 Å². The molecule has 0 radical (unpaired) electrons. The first-order chi connectivity index (χ1) is 14.9. The smallest absolute Gasteiger partial charge is 0.258 e. The Kier molecular flexibility index (Phi) is 5.87. The molecule has 1 aromatic carbocycles. The van der Waals surface area contributed by atoms with E-state index in [1.807, 2.05) is 37.4 Å². The summed E-state index contributed by atoms with van der Waals surface area (Å²) in [5.74, 6) is -1.26. The third kappa shape index (κ3) is 4.10. The molecule has 0 aromatic heterocycles. The third-order valence-corrected chi connectivity index (χ3v) is 5.82. The molecule has 1 aromatic rings. The molecule has 5 nitrogen and oxygen atoms in total. The van der Waals surface area contributed by atoms with Gasteiger partial charge >= 0.3 is 0 Å². The van der Waals surface area contributed by atoms with Crippen LogP contribution in [0.1, 0.15) is 24.5 Å². The van der Waals surface area contributed by atoms with E-state index in [0.29, 0.717) is 41.2 Å². The first-order valence-electron chi connectivity index (χ1n) is 10.5. The number of aliphatic imine (C=N–C) groups is 1. The SMILES string of the molecule is C/C(=N\c1c(C)cc(F)c(N2CCCN(C)CC2)c1F)c1c2cccccc-2[nH]c1=O. The Morgan fingerprint density at radius 1 is 1.10 bits per heavy atom. The van der Waals surface area contributed by atoms with Gasteiger partial charge in [0.15, 0.2) is 5.82 Å². The van der Waals surface area contributed by atoms with E-state index in [-0.39, 0.29) is 16.9 Å². The van der Waals surface area contributed by atoms with Crippen molar-refractivity contribution in [2.75, 3.05) is 38.1 Å². The van der Waals surface area contributed by atoms with Crippen LogP contribution in [-0.4, -0.2) is 48.8 Å². The van der Waals surface area contributed by atoms with E-state index in [1.165, 1.54) is 6.07 Å². The summed E-state index contributed by atoms with van der Waals surface area (Å²) in [5.41, 5.74) is 2.32. The van der Waals surface area contributed by atoms with Gasteiger partial charge in [-0.1, -0.05) is 24.3 Å². The maximum atomic E-state index is 15.6. The van der Waals surface area contributed by atoms with Crippen LogP contribution < -0.4 is 10.5 Å². The second kappa shape index (κ2) is 8.59. The molecule has 0 bridgehead atoms. The molecule has 0 amide bonds. The van der Waals surface area contributed by atoms with E-state index in [0.717, 1.165) is 19.5 Å². The number of rotatable bonds is 3. The Hall–Kier alpha value is -3.06. The summed E-state index contributed by atoms with van der Waals surface area (Å²) in [7, 11) is 2.01. The Balaban J connectivity index is 1.80. The number of nitrogens with zero attached hydrogens (tertiary/aromatic N) is 3. The highest BCUT2D eigenvalue weighted by Gasteiger charge is 2.24. The highest BCUT2D eigenvalue weighted by molar-refractivity contribution is 6.05. The quantitative estimate of drug-likeness (QED) is 0.636. The number of halogens is 2. The lowest BCUT2D eigenvalue weighted by atomic mass is 10.1. The minimum atomic E-state index is -0.681. The van der Waals surface area contributed by atoms with E-state index in [4.69, 9.17) is 0 Å². The molecule has 0 unspecified atom stereocenters. The average molecular weight is 424 g/mol. The second-order valence-electron chi connectivity index (χ2n) is 8.09. The molecule has 7 heteroatoms. The van der Waals surface area contributed by atoms with Gasteiger partial charge in [-0.2, -0.15) is 0 Å². The van der Waals surface area contributed by atoms with E-state index in [2.05, 4.69) is 14.9 Å². The predicted octanol–water partition coefficient (Wildman–Crippen LogP) is 4.35. The number of aryl methyl sites for hydroxylation is 1. The topological polar surface area (TPSA) is 51.7 Å². The highest BCUT2D eigenvalue weighted by atomic mass is 19.1. The fourth-order valence-corrected chi connectivity index (χ4v) is 4.18. The van der Waals surface area contributed by atoms with Crippen molar-refractivity contribution in [3.05, 3.63) is 69.5 Å². The molecule has 1 aliphatic carbocycles. The van der Waals surface area contributed by atoms with Crippen LogP contribution in [0.3, 0.4) is 0 Å². The first kappa shape index (κ1) is 21.2. The number of aromatic nitrogens is 1. The van der Waals surface area contributed by atoms with Crippen molar-refractivity contribution in [2.24, 2.45) is 4.99 Å². The zero-order valence-electron chi connectivity index (χ0n) is 18.0. The average Bonchev–Trinajstić information content (AvgIpc) is 2.88. The molecule has 1 N–H and O–H groups in total. The van der Waals surface area contributed by atoms with E-state index >= 15 is 4.39 Å². The van der Waals surface area contributed by atoms with Gasteiger partial charge in [0.1, 0.15) is 17.2 Å². The Labute approximate surface area is 180 Å². The lowest BCUT2D eigenvalue weighted by Gasteiger charge is -2.25. The summed E-state index contributed by atoms with van der Waals surface area (Å²) in [6, 6.07) is 10.5. The van der Waals surface area contributed by atoms with Crippen LogP contribution in [0.4, 0.5) is 20.2 Å². The van der Waals surface area contributed by atoms with Crippen LogP contribution in [0.5, 0.6) is 0 Å². The second-order valence-corrected chi connectivity index (χ2v) is 8.09. The van der Waals surface area contributed by atoms with E-state index in [1.54, 1.807) is 18.7 Å². The van der Waals surface area contributed by atoms with Crippen molar-refractivity contribution < 1.29 is 8.78 Å². The van der Waals surface area contributed by atoms with Gasteiger partial charge in [0.05, 0.1) is 11.3 Å². The highest BCUT2D eigenvalue weighted by Crippen LogP contribution is 2.35. The van der Waals surface area contributed by atoms with Gasteiger partial charge < -0.3 is 14.8 Å². The van der Waals surface area contributed by atoms with Gasteiger partial charge in [-0.05, 0) is 51.6 Å². The number of fused-ring (bicyclic) bond motifs is 1. The zero-order valence-corrected chi connectivity index (χ0v) is 18.0. The molecular formula is C24H26F2N4O. The van der Waals surface area contributed by atoms with Gasteiger partial charge in [0, 0.05) is 30.9 Å². The predicted molar refractivity (Wildman–Crippen MR) is 121 cm³/mol. The number of hydrogen-bond donors (Lipinski definition) is 1. The maximum Gasteiger partial charge on any atom is 0.258 e. The van der Waals surface area contributed by atoms with Gasteiger partial charge in [0.25, 0.3) is 5.56 Å². The van der Waals surface area contributed by atoms with Crippen molar-refractivity contribution in [1.82, 2.24) is 9.88 Å². The van der Waals surface area contributed by atoms with Gasteiger partial charge in [-0.3, -0.25) is 4.79 Å². The van der Waals surface area contributed by atoms with Crippen LogP contribution >= 0.6 is 0 Å². The fourth-order valence-electron chi connectivity index (χ4n) is 4.18. The minimum absolute atomic E-state index is 0.0416. The van der Waals surface area contributed by atoms with Crippen LogP contribution in [0.2, 0.25) is 0 Å². The van der Waals surface area contributed by atoms with E-state index < -0.39 is 11.6 Å². The monoisotopic (exact) mass is 424 g/mol. The third-order valence-electron chi connectivity index (χ3n) is 5.82. The molecule has 2 heterocycles. The summed E-state index contributed by atoms with van der Waals surface area (Å²) < 4.78 is 30.4. The minimum Gasteiger partial charge on any atom is -0.365 e. The van der Waals surface area contributed by atoms with Gasteiger partial charge in [-0.25, -0.2) is 13.8 Å². The first-order valence-corrected chi connectivity index (χ1v) is 10.5. The van der Waals surface area contributed by atoms with Crippen molar-refractivity contribution in [1.29, 1.82) is 0 Å². The molecule has 0 atom stereocenters. The lowest BCUT2D eigenvalue weighted by molar-refractivity contribution is 0.360. The molecule has 3 aliphatic rings.